The van der Waals surface area contributed by atoms with Crippen molar-refractivity contribution in [2.45, 2.75) is 44.6 Å². The van der Waals surface area contributed by atoms with Crippen LogP contribution in [0.25, 0.3) is 0 Å². The van der Waals surface area contributed by atoms with Crippen LogP contribution in [0.5, 0.6) is 0 Å². The summed E-state index contributed by atoms with van der Waals surface area (Å²) in [5.74, 6) is -0.541. The molecule has 1 aliphatic carbocycles. The molecule has 0 unspecified atom stereocenters. The summed E-state index contributed by atoms with van der Waals surface area (Å²) in [6.07, 6.45) is 5.06. The van der Waals surface area contributed by atoms with Gasteiger partial charge >= 0.3 is 0 Å². The number of amides is 1. The van der Waals surface area contributed by atoms with E-state index >= 15 is 0 Å². The highest BCUT2D eigenvalue weighted by atomic mass is 32.2. The Labute approximate surface area is 102 Å². The highest BCUT2D eigenvalue weighted by Gasteiger charge is 2.29. The number of hydrogen-bond acceptors (Lipinski definition) is 4. The SMILES string of the molecule is O=C(NS(=O)(=O)C[C@H]1CCCO1)C1CCCC1. The molecule has 1 atom stereocenters. The fraction of sp³-hybridized carbons (Fsp3) is 0.909. The summed E-state index contributed by atoms with van der Waals surface area (Å²) in [5.41, 5.74) is 0. The predicted molar refractivity (Wildman–Crippen MR) is 62.9 cm³/mol. The minimum absolute atomic E-state index is 0.0918. The lowest BCUT2D eigenvalue weighted by molar-refractivity contribution is -0.122. The third-order valence-electron chi connectivity index (χ3n) is 3.41. The third kappa shape index (κ3) is 3.67. The maximum Gasteiger partial charge on any atom is 0.237 e. The quantitative estimate of drug-likeness (QED) is 0.812. The number of carbonyl (C=O) groups excluding carboxylic acids is 1. The molecule has 1 aliphatic heterocycles. The second-order valence-electron chi connectivity index (χ2n) is 4.86. The van der Waals surface area contributed by atoms with E-state index in [2.05, 4.69) is 4.72 Å². The van der Waals surface area contributed by atoms with Crippen molar-refractivity contribution in [2.24, 2.45) is 5.92 Å². The van der Waals surface area contributed by atoms with Crippen molar-refractivity contribution in [1.82, 2.24) is 4.72 Å². The van der Waals surface area contributed by atoms with Crippen LogP contribution in [0.4, 0.5) is 0 Å². The molecule has 0 aromatic carbocycles. The van der Waals surface area contributed by atoms with Gasteiger partial charge in [0.2, 0.25) is 15.9 Å². The van der Waals surface area contributed by atoms with Crippen molar-refractivity contribution in [3.63, 3.8) is 0 Å². The van der Waals surface area contributed by atoms with Crippen molar-refractivity contribution < 1.29 is 17.9 Å². The smallest absolute Gasteiger partial charge is 0.237 e. The molecule has 1 heterocycles. The Kier molecular flexibility index (Phi) is 4.04. The number of hydrogen-bond donors (Lipinski definition) is 1. The van der Waals surface area contributed by atoms with Crippen molar-refractivity contribution in [1.29, 1.82) is 0 Å². The molecule has 6 heteroatoms. The molecule has 2 rings (SSSR count). The van der Waals surface area contributed by atoms with Crippen LogP contribution in [0.3, 0.4) is 0 Å². The zero-order valence-electron chi connectivity index (χ0n) is 9.85. The first-order valence-electron chi connectivity index (χ1n) is 6.23. The van der Waals surface area contributed by atoms with Gasteiger partial charge < -0.3 is 4.74 Å². The Morgan fingerprint density at radius 3 is 2.47 bits per heavy atom. The van der Waals surface area contributed by atoms with Gasteiger partial charge in [-0.15, -0.1) is 0 Å². The highest BCUT2D eigenvalue weighted by Crippen LogP contribution is 2.25. The topological polar surface area (TPSA) is 72.5 Å². The number of carbonyl (C=O) groups is 1. The Balaban J connectivity index is 1.85. The molecule has 1 saturated heterocycles. The molecule has 98 valence electrons. The van der Waals surface area contributed by atoms with Gasteiger partial charge in [0.1, 0.15) is 0 Å². The minimum Gasteiger partial charge on any atom is -0.377 e. The van der Waals surface area contributed by atoms with Crippen LogP contribution in [0.15, 0.2) is 0 Å². The zero-order chi connectivity index (χ0) is 12.3. The average molecular weight is 261 g/mol. The number of sulfonamides is 1. The summed E-state index contributed by atoms with van der Waals surface area (Å²) < 4.78 is 30.9. The Morgan fingerprint density at radius 1 is 1.18 bits per heavy atom. The zero-order valence-corrected chi connectivity index (χ0v) is 10.7. The molecule has 2 aliphatic rings. The molecule has 5 nitrogen and oxygen atoms in total. The molecule has 0 aromatic rings. The largest absolute Gasteiger partial charge is 0.377 e. The van der Waals surface area contributed by atoms with Crippen molar-refractivity contribution in [3.8, 4) is 0 Å². The highest BCUT2D eigenvalue weighted by molar-refractivity contribution is 7.90. The molecule has 0 aromatic heterocycles. The average Bonchev–Trinajstić information content (AvgIpc) is 2.85. The number of ether oxygens (including phenoxy) is 1. The normalized spacial score (nSPS) is 26.2. The van der Waals surface area contributed by atoms with Crippen LogP contribution >= 0.6 is 0 Å². The Hall–Kier alpha value is -0.620. The van der Waals surface area contributed by atoms with Gasteiger partial charge in [0.15, 0.2) is 0 Å². The lowest BCUT2D eigenvalue weighted by Crippen LogP contribution is -2.39. The molecule has 1 N–H and O–H groups in total. The van der Waals surface area contributed by atoms with E-state index in [-0.39, 0.29) is 23.7 Å². The molecule has 0 bridgehead atoms. The van der Waals surface area contributed by atoms with E-state index in [9.17, 15) is 13.2 Å². The van der Waals surface area contributed by atoms with E-state index in [4.69, 9.17) is 4.74 Å². The number of nitrogens with one attached hydrogen (secondary N) is 1. The van der Waals surface area contributed by atoms with Crippen LogP contribution in [0.2, 0.25) is 0 Å². The molecule has 0 radical (unpaired) electrons. The maximum atomic E-state index is 11.7. The fourth-order valence-corrected chi connectivity index (χ4v) is 3.80. The number of rotatable bonds is 4. The van der Waals surface area contributed by atoms with E-state index in [1.807, 2.05) is 0 Å². The molecule has 1 saturated carbocycles. The second kappa shape index (κ2) is 5.35. The lowest BCUT2D eigenvalue weighted by Gasteiger charge is -2.13. The molecule has 0 spiro atoms. The van der Waals surface area contributed by atoms with Gasteiger partial charge in [-0.3, -0.25) is 9.52 Å². The van der Waals surface area contributed by atoms with E-state index in [1.165, 1.54) is 0 Å². The van der Waals surface area contributed by atoms with Crippen LogP contribution in [-0.4, -0.2) is 32.8 Å². The fourth-order valence-electron chi connectivity index (χ4n) is 2.49. The lowest BCUT2D eigenvalue weighted by atomic mass is 10.1. The monoisotopic (exact) mass is 261 g/mol. The molecule has 2 fully saturated rings. The standard InChI is InChI=1S/C11H19NO4S/c13-11(9-4-1-2-5-9)12-17(14,15)8-10-6-3-7-16-10/h9-10H,1-8H2,(H,12,13)/t10-/m1/s1. The second-order valence-corrected chi connectivity index (χ2v) is 6.63. The first-order chi connectivity index (χ1) is 8.07. The maximum absolute atomic E-state index is 11.7. The summed E-state index contributed by atoms with van der Waals surface area (Å²) in [6.45, 7) is 0.622. The summed E-state index contributed by atoms with van der Waals surface area (Å²) in [7, 11) is -3.53. The summed E-state index contributed by atoms with van der Waals surface area (Å²) in [5, 5.41) is 0. The first-order valence-corrected chi connectivity index (χ1v) is 7.88. The predicted octanol–water partition coefficient (Wildman–Crippen LogP) is 0.802. The van der Waals surface area contributed by atoms with E-state index < -0.39 is 10.0 Å². The van der Waals surface area contributed by atoms with E-state index in [0.717, 1.165) is 38.5 Å². The summed E-state index contributed by atoms with van der Waals surface area (Å²) >= 11 is 0. The van der Waals surface area contributed by atoms with Gasteiger partial charge in [0.05, 0.1) is 11.9 Å². The van der Waals surface area contributed by atoms with Crippen LogP contribution in [0.1, 0.15) is 38.5 Å². The van der Waals surface area contributed by atoms with Crippen LogP contribution < -0.4 is 4.72 Å². The Morgan fingerprint density at radius 2 is 1.88 bits per heavy atom. The minimum atomic E-state index is -3.53. The van der Waals surface area contributed by atoms with Crippen molar-refractivity contribution in [3.05, 3.63) is 0 Å². The van der Waals surface area contributed by atoms with Gasteiger partial charge in [-0.1, -0.05) is 12.8 Å². The molecule has 17 heavy (non-hydrogen) atoms. The van der Waals surface area contributed by atoms with Gasteiger partial charge in [0.25, 0.3) is 0 Å². The molecular weight excluding hydrogens is 242 g/mol. The summed E-state index contributed by atoms with van der Waals surface area (Å²) in [4.78, 5) is 11.7. The van der Waals surface area contributed by atoms with E-state index in [1.54, 1.807) is 0 Å². The van der Waals surface area contributed by atoms with E-state index in [0.29, 0.717) is 6.61 Å². The molecular formula is C11H19NO4S. The van der Waals surface area contributed by atoms with Gasteiger partial charge in [0, 0.05) is 12.5 Å². The van der Waals surface area contributed by atoms with Crippen molar-refractivity contribution in [2.75, 3.05) is 12.4 Å². The van der Waals surface area contributed by atoms with Gasteiger partial charge in [-0.25, -0.2) is 8.42 Å². The van der Waals surface area contributed by atoms with Gasteiger partial charge in [-0.05, 0) is 25.7 Å². The summed E-state index contributed by atoms with van der Waals surface area (Å²) in [6, 6.07) is 0. The third-order valence-corrected chi connectivity index (χ3v) is 4.73. The van der Waals surface area contributed by atoms with Crippen LogP contribution in [-0.2, 0) is 19.6 Å². The van der Waals surface area contributed by atoms with Crippen molar-refractivity contribution >= 4 is 15.9 Å². The van der Waals surface area contributed by atoms with Crippen LogP contribution in [0, 0.1) is 5.92 Å². The first kappa shape index (κ1) is 12.8. The molecule has 1 amide bonds. The Bertz CT molecular complexity index is 367. The van der Waals surface area contributed by atoms with Gasteiger partial charge in [-0.2, -0.15) is 0 Å².